The molecular weight excluding hydrogens is 264 g/mol. The lowest BCUT2D eigenvalue weighted by atomic mass is 10.0. The maximum atomic E-state index is 11.3. The highest BCUT2D eigenvalue weighted by atomic mass is 16.5. The van der Waals surface area contributed by atoms with Gasteiger partial charge in [0.25, 0.3) is 0 Å². The summed E-state index contributed by atoms with van der Waals surface area (Å²) in [5.74, 6) is 0.601. The molecule has 21 heavy (non-hydrogen) atoms. The Kier molecular flexibility index (Phi) is 5.83. The molecule has 0 radical (unpaired) electrons. The van der Waals surface area contributed by atoms with Crippen LogP contribution in [-0.4, -0.2) is 19.2 Å². The van der Waals surface area contributed by atoms with E-state index in [-0.39, 0.29) is 12.4 Å². The van der Waals surface area contributed by atoms with Crippen LogP contribution in [0.25, 0.3) is 0 Å². The molecule has 0 saturated carbocycles. The summed E-state index contributed by atoms with van der Waals surface area (Å²) in [6.45, 7) is 2.54. The monoisotopic (exact) mass is 284 g/mol. The quantitative estimate of drug-likeness (QED) is 0.729. The second-order valence-electron chi connectivity index (χ2n) is 4.67. The summed E-state index contributed by atoms with van der Waals surface area (Å²) in [6, 6.07) is 18.2. The van der Waals surface area contributed by atoms with E-state index in [9.17, 15) is 4.79 Å². The molecule has 0 spiro atoms. The molecule has 110 valence electrons. The Bertz CT molecular complexity index is 564. The molecule has 2 rings (SSSR count). The zero-order valence-electron chi connectivity index (χ0n) is 12.2. The third-order valence-corrected chi connectivity index (χ3v) is 3.08. The fourth-order valence-corrected chi connectivity index (χ4v) is 2.08. The molecule has 0 saturated heterocycles. The van der Waals surface area contributed by atoms with Gasteiger partial charge in [-0.1, -0.05) is 48.5 Å². The van der Waals surface area contributed by atoms with Crippen molar-refractivity contribution < 1.29 is 14.3 Å². The van der Waals surface area contributed by atoms with E-state index in [4.69, 9.17) is 9.47 Å². The first-order valence-corrected chi connectivity index (χ1v) is 7.20. The van der Waals surface area contributed by atoms with Gasteiger partial charge in [-0.15, -0.1) is 0 Å². The Labute approximate surface area is 125 Å². The molecule has 3 nitrogen and oxygen atoms in total. The van der Waals surface area contributed by atoms with Crippen molar-refractivity contribution in [3.05, 3.63) is 65.7 Å². The van der Waals surface area contributed by atoms with E-state index in [1.54, 1.807) is 6.92 Å². The first-order valence-electron chi connectivity index (χ1n) is 7.20. The third-order valence-electron chi connectivity index (χ3n) is 3.08. The maximum Gasteiger partial charge on any atom is 0.309 e. The molecule has 0 fully saturated rings. The van der Waals surface area contributed by atoms with E-state index in [0.717, 1.165) is 17.7 Å². The summed E-state index contributed by atoms with van der Waals surface area (Å²) in [6.07, 6.45) is 1.09. The molecular formula is C18H20O3. The summed E-state index contributed by atoms with van der Waals surface area (Å²) in [4.78, 5) is 11.3. The van der Waals surface area contributed by atoms with Crippen LogP contribution in [0, 0.1) is 0 Å². The summed E-state index contributed by atoms with van der Waals surface area (Å²) in [7, 11) is 0. The van der Waals surface area contributed by atoms with E-state index in [1.165, 1.54) is 5.56 Å². The minimum Gasteiger partial charge on any atom is -0.493 e. The van der Waals surface area contributed by atoms with Gasteiger partial charge in [0.05, 0.1) is 19.6 Å². The number of rotatable bonds is 7. The first kappa shape index (κ1) is 15.1. The van der Waals surface area contributed by atoms with E-state index < -0.39 is 0 Å². The van der Waals surface area contributed by atoms with Crippen LogP contribution in [0.3, 0.4) is 0 Å². The molecule has 0 bridgehead atoms. The van der Waals surface area contributed by atoms with E-state index in [0.29, 0.717) is 13.2 Å². The van der Waals surface area contributed by atoms with Crippen LogP contribution in [0.5, 0.6) is 5.75 Å². The van der Waals surface area contributed by atoms with Crippen molar-refractivity contribution in [3.63, 3.8) is 0 Å². The highest BCUT2D eigenvalue weighted by molar-refractivity contribution is 5.69. The highest BCUT2D eigenvalue weighted by Gasteiger charge is 2.06. The van der Waals surface area contributed by atoms with Crippen molar-refractivity contribution in [2.75, 3.05) is 13.2 Å². The minimum atomic E-state index is -0.224. The van der Waals surface area contributed by atoms with Crippen molar-refractivity contribution in [3.8, 4) is 5.75 Å². The molecule has 0 aromatic heterocycles. The van der Waals surface area contributed by atoms with Crippen LogP contribution in [0.1, 0.15) is 24.5 Å². The highest BCUT2D eigenvalue weighted by Crippen LogP contribution is 2.21. The molecule has 3 heteroatoms. The fourth-order valence-electron chi connectivity index (χ4n) is 2.08. The molecule has 0 unspecified atom stereocenters. The number of hydrogen-bond donors (Lipinski definition) is 0. The van der Waals surface area contributed by atoms with Crippen molar-refractivity contribution in [1.29, 1.82) is 0 Å². The van der Waals surface area contributed by atoms with Gasteiger partial charge in [0, 0.05) is 6.42 Å². The second kappa shape index (κ2) is 8.10. The van der Waals surface area contributed by atoms with Gasteiger partial charge in [0.1, 0.15) is 5.75 Å². The normalized spacial score (nSPS) is 10.1. The molecule has 2 aromatic carbocycles. The Balaban J connectivity index is 1.95. The van der Waals surface area contributed by atoms with Gasteiger partial charge < -0.3 is 9.47 Å². The molecule has 0 atom stereocenters. The number of benzene rings is 2. The smallest absolute Gasteiger partial charge is 0.309 e. The Morgan fingerprint density at radius 2 is 1.71 bits per heavy atom. The van der Waals surface area contributed by atoms with Crippen LogP contribution in [-0.2, 0) is 16.0 Å². The topological polar surface area (TPSA) is 35.5 Å². The number of para-hydroxylation sites is 1. The Hall–Kier alpha value is -2.29. The first-order chi connectivity index (χ1) is 10.3. The molecule has 0 heterocycles. The maximum absolute atomic E-state index is 11.3. The molecule has 0 aliphatic carbocycles. The van der Waals surface area contributed by atoms with Gasteiger partial charge in [0.15, 0.2) is 0 Å². The Morgan fingerprint density at radius 1 is 1.00 bits per heavy atom. The van der Waals surface area contributed by atoms with E-state index >= 15 is 0 Å². The summed E-state index contributed by atoms with van der Waals surface area (Å²) in [5, 5.41) is 0. The molecule has 0 N–H and O–H groups in total. The van der Waals surface area contributed by atoms with Crippen LogP contribution in [0.2, 0.25) is 0 Å². The van der Waals surface area contributed by atoms with Gasteiger partial charge in [-0.05, 0) is 24.1 Å². The fraction of sp³-hybridized carbons (Fsp3) is 0.278. The average molecular weight is 284 g/mol. The zero-order valence-corrected chi connectivity index (χ0v) is 12.2. The standard InChI is InChI=1S/C18H20O3/c1-2-20-18(19)12-13-21-17-11-7-6-10-16(17)14-15-8-4-3-5-9-15/h3-11H,2,12-14H2,1H3. The van der Waals surface area contributed by atoms with Gasteiger partial charge in [-0.2, -0.15) is 0 Å². The van der Waals surface area contributed by atoms with Crippen LogP contribution in [0.4, 0.5) is 0 Å². The molecule has 2 aromatic rings. The van der Waals surface area contributed by atoms with E-state index in [1.807, 2.05) is 42.5 Å². The van der Waals surface area contributed by atoms with E-state index in [2.05, 4.69) is 12.1 Å². The Morgan fingerprint density at radius 3 is 2.48 bits per heavy atom. The predicted molar refractivity (Wildman–Crippen MR) is 82.4 cm³/mol. The lowest BCUT2D eigenvalue weighted by Crippen LogP contribution is -2.10. The summed E-state index contributed by atoms with van der Waals surface area (Å²) in [5.41, 5.74) is 2.35. The third kappa shape index (κ3) is 4.95. The van der Waals surface area contributed by atoms with Crippen molar-refractivity contribution in [2.45, 2.75) is 19.8 Å². The lowest BCUT2D eigenvalue weighted by Gasteiger charge is -2.11. The minimum absolute atomic E-state index is 0.224. The molecule has 0 aliphatic heterocycles. The van der Waals surface area contributed by atoms with Crippen LogP contribution in [0.15, 0.2) is 54.6 Å². The summed E-state index contributed by atoms with van der Waals surface area (Å²) < 4.78 is 10.6. The summed E-state index contributed by atoms with van der Waals surface area (Å²) >= 11 is 0. The van der Waals surface area contributed by atoms with Crippen LogP contribution < -0.4 is 4.74 Å². The lowest BCUT2D eigenvalue weighted by molar-refractivity contribution is -0.143. The van der Waals surface area contributed by atoms with Gasteiger partial charge in [-0.25, -0.2) is 0 Å². The number of carbonyl (C=O) groups excluding carboxylic acids is 1. The average Bonchev–Trinajstić information content (AvgIpc) is 2.50. The van der Waals surface area contributed by atoms with Crippen molar-refractivity contribution >= 4 is 5.97 Å². The van der Waals surface area contributed by atoms with Gasteiger partial charge >= 0.3 is 5.97 Å². The molecule has 0 aliphatic rings. The SMILES string of the molecule is CCOC(=O)CCOc1ccccc1Cc1ccccc1. The van der Waals surface area contributed by atoms with Crippen molar-refractivity contribution in [1.82, 2.24) is 0 Å². The second-order valence-corrected chi connectivity index (χ2v) is 4.67. The number of esters is 1. The zero-order chi connectivity index (χ0) is 14.9. The molecule has 0 amide bonds. The van der Waals surface area contributed by atoms with Gasteiger partial charge in [-0.3, -0.25) is 4.79 Å². The van der Waals surface area contributed by atoms with Crippen molar-refractivity contribution in [2.24, 2.45) is 0 Å². The van der Waals surface area contributed by atoms with Crippen LogP contribution >= 0.6 is 0 Å². The van der Waals surface area contributed by atoms with Gasteiger partial charge in [0.2, 0.25) is 0 Å². The number of ether oxygens (including phenoxy) is 2. The predicted octanol–water partition coefficient (Wildman–Crippen LogP) is 3.61. The number of hydrogen-bond acceptors (Lipinski definition) is 3. The number of carbonyl (C=O) groups is 1. The largest absolute Gasteiger partial charge is 0.493 e.